The molecule has 2 atom stereocenters. The first-order chi connectivity index (χ1) is 5.16. The Morgan fingerprint density at radius 1 is 1.91 bits per heavy atom. The molecule has 0 aliphatic carbocycles. The van der Waals surface area contributed by atoms with E-state index in [1.807, 2.05) is 6.92 Å². The van der Waals surface area contributed by atoms with Crippen molar-refractivity contribution in [3.8, 4) is 0 Å². The van der Waals surface area contributed by atoms with Gasteiger partial charge in [0.2, 0.25) is 0 Å². The number of hydrazine groups is 1. The van der Waals surface area contributed by atoms with E-state index in [2.05, 4.69) is 20.2 Å². The van der Waals surface area contributed by atoms with E-state index in [0.717, 1.165) is 0 Å². The molecule has 0 saturated carbocycles. The van der Waals surface area contributed by atoms with Crippen molar-refractivity contribution in [3.05, 3.63) is 0 Å². The highest BCUT2D eigenvalue weighted by Crippen LogP contribution is 1.80. The number of hydrogen-bond acceptors (Lipinski definition) is 7. The Morgan fingerprint density at radius 2 is 2.45 bits per heavy atom. The van der Waals surface area contributed by atoms with E-state index in [0.29, 0.717) is 0 Å². The summed E-state index contributed by atoms with van der Waals surface area (Å²) in [7, 11) is 0. The summed E-state index contributed by atoms with van der Waals surface area (Å²) in [5.41, 5.74) is 5.58. The van der Waals surface area contributed by atoms with Crippen LogP contribution in [0.5, 0.6) is 0 Å². The molecule has 1 aliphatic rings. The normalized spacial score (nSPS) is 23.4. The van der Waals surface area contributed by atoms with Crippen molar-refractivity contribution in [2.45, 2.75) is 13.1 Å². The Balaban J connectivity index is 0.000000187. The SMILES string of the molecule is CC1N=CNN1.O=S([O-])OO. The van der Waals surface area contributed by atoms with Crippen LogP contribution in [0.1, 0.15) is 6.92 Å². The fourth-order valence-electron chi connectivity index (χ4n) is 0.344. The monoisotopic (exact) mass is 182 g/mol. The molecule has 0 fully saturated rings. The van der Waals surface area contributed by atoms with Gasteiger partial charge in [-0.05, 0) is 6.92 Å². The molecule has 1 aliphatic heterocycles. The quantitative estimate of drug-likeness (QED) is 0.265. The van der Waals surface area contributed by atoms with Gasteiger partial charge in [0.25, 0.3) is 0 Å². The summed E-state index contributed by atoms with van der Waals surface area (Å²) in [5, 5.41) is 7.03. The highest BCUT2D eigenvalue weighted by Gasteiger charge is 1.96. The van der Waals surface area contributed by atoms with Gasteiger partial charge in [-0.25, -0.2) is 14.9 Å². The van der Waals surface area contributed by atoms with Gasteiger partial charge in [-0.15, -0.1) is 4.33 Å². The second-order valence-corrected chi connectivity index (χ2v) is 2.08. The Bertz CT molecular complexity index is 152. The lowest BCUT2D eigenvalue weighted by molar-refractivity contribution is -0.132. The van der Waals surface area contributed by atoms with Crippen molar-refractivity contribution >= 4 is 17.7 Å². The molecule has 1 rings (SSSR count). The second-order valence-electron chi connectivity index (χ2n) is 1.52. The van der Waals surface area contributed by atoms with Gasteiger partial charge < -0.3 is 9.98 Å². The van der Waals surface area contributed by atoms with Crippen LogP contribution in [-0.2, 0) is 15.7 Å². The Labute approximate surface area is 65.9 Å². The van der Waals surface area contributed by atoms with Crippen LogP contribution in [0.15, 0.2) is 4.99 Å². The topological polar surface area (TPSA) is 106 Å². The fraction of sp³-hybridized carbons (Fsp3) is 0.667. The van der Waals surface area contributed by atoms with E-state index in [1.54, 1.807) is 6.34 Å². The van der Waals surface area contributed by atoms with Crippen LogP contribution in [0.25, 0.3) is 0 Å². The first-order valence-corrected chi connectivity index (χ1v) is 3.60. The zero-order chi connectivity index (χ0) is 8.69. The maximum Gasteiger partial charge on any atom is 0.120 e. The summed E-state index contributed by atoms with van der Waals surface area (Å²) in [5.74, 6) is 0. The highest BCUT2D eigenvalue weighted by atomic mass is 32.2. The highest BCUT2D eigenvalue weighted by molar-refractivity contribution is 7.73. The van der Waals surface area contributed by atoms with Gasteiger partial charge in [0, 0.05) is 0 Å². The third-order valence-corrected chi connectivity index (χ3v) is 0.837. The summed E-state index contributed by atoms with van der Waals surface area (Å²) in [6.07, 6.45) is 1.90. The molecule has 1 heterocycles. The molecule has 0 aromatic heterocycles. The molecular formula is C3H8N3O4S-. The molecule has 0 spiro atoms. The van der Waals surface area contributed by atoms with Crippen molar-refractivity contribution in [1.29, 1.82) is 0 Å². The Kier molecular flexibility index (Phi) is 5.88. The molecule has 0 bridgehead atoms. The summed E-state index contributed by atoms with van der Waals surface area (Å²) >= 11 is -2.77. The van der Waals surface area contributed by atoms with Crippen molar-refractivity contribution < 1.29 is 18.4 Å². The van der Waals surface area contributed by atoms with Gasteiger partial charge in [0.1, 0.15) is 17.5 Å². The van der Waals surface area contributed by atoms with Gasteiger partial charge in [-0.2, -0.15) is 0 Å². The standard InChI is InChI=1S/C3H7N3.H2O4S/c1-3-4-2-5-6-3;1-4-5(2)3/h2-3,6H,1H3,(H,4,5);1H,(H,2,3)/p-1. The fourth-order valence-corrected chi connectivity index (χ4v) is 0.344. The third kappa shape index (κ3) is 7.36. The van der Waals surface area contributed by atoms with E-state index < -0.39 is 11.4 Å². The van der Waals surface area contributed by atoms with Gasteiger partial charge in [0.15, 0.2) is 0 Å². The van der Waals surface area contributed by atoms with Crippen molar-refractivity contribution in [3.63, 3.8) is 0 Å². The van der Waals surface area contributed by atoms with Gasteiger partial charge in [-0.3, -0.25) is 4.99 Å². The summed E-state index contributed by atoms with van der Waals surface area (Å²) in [6, 6.07) is 0. The van der Waals surface area contributed by atoms with Crippen LogP contribution in [0.4, 0.5) is 0 Å². The second kappa shape index (κ2) is 6.19. The van der Waals surface area contributed by atoms with E-state index in [1.165, 1.54) is 0 Å². The number of aliphatic imine (C=N–C) groups is 1. The summed E-state index contributed by atoms with van der Waals surface area (Å²) < 4.78 is 20.5. The molecule has 0 aromatic carbocycles. The lowest BCUT2D eigenvalue weighted by Crippen LogP contribution is -2.28. The van der Waals surface area contributed by atoms with Crippen LogP contribution in [-0.4, -0.2) is 26.5 Å². The predicted octanol–water partition coefficient (Wildman–Crippen LogP) is -1.26. The smallest absolute Gasteiger partial charge is 0.120 e. The zero-order valence-corrected chi connectivity index (χ0v) is 6.50. The molecule has 2 unspecified atom stereocenters. The lowest BCUT2D eigenvalue weighted by Gasteiger charge is -1.93. The number of rotatable bonds is 1. The van der Waals surface area contributed by atoms with E-state index in [-0.39, 0.29) is 6.17 Å². The molecule has 8 heteroatoms. The molecule has 0 aromatic rings. The number of nitrogens with zero attached hydrogens (tertiary/aromatic N) is 1. The van der Waals surface area contributed by atoms with E-state index >= 15 is 0 Å². The summed E-state index contributed by atoms with van der Waals surface area (Å²) in [6.45, 7) is 1.97. The molecule has 11 heavy (non-hydrogen) atoms. The number of hydrogen-bond donors (Lipinski definition) is 3. The minimum atomic E-state index is -2.77. The van der Waals surface area contributed by atoms with Crippen LogP contribution >= 0.6 is 0 Å². The minimum absolute atomic E-state index is 0.255. The van der Waals surface area contributed by atoms with Crippen molar-refractivity contribution in [2.24, 2.45) is 4.99 Å². The third-order valence-electron chi connectivity index (χ3n) is 0.716. The first kappa shape index (κ1) is 10.5. The van der Waals surface area contributed by atoms with Crippen LogP contribution < -0.4 is 10.9 Å². The molecule has 7 nitrogen and oxygen atoms in total. The van der Waals surface area contributed by atoms with Gasteiger partial charge in [-0.1, -0.05) is 0 Å². The van der Waals surface area contributed by atoms with E-state index in [9.17, 15) is 0 Å². The lowest BCUT2D eigenvalue weighted by atomic mass is 10.6. The Morgan fingerprint density at radius 3 is 2.55 bits per heavy atom. The minimum Gasteiger partial charge on any atom is -0.748 e. The average Bonchev–Trinajstić information content (AvgIpc) is 2.41. The molecule has 0 saturated heterocycles. The van der Waals surface area contributed by atoms with Crippen LogP contribution in [0, 0.1) is 0 Å². The molecule has 3 N–H and O–H groups in total. The van der Waals surface area contributed by atoms with Crippen LogP contribution in [0.3, 0.4) is 0 Å². The number of nitrogens with one attached hydrogen (secondary N) is 2. The van der Waals surface area contributed by atoms with Gasteiger partial charge >= 0.3 is 0 Å². The molecular weight excluding hydrogens is 174 g/mol. The predicted molar refractivity (Wildman–Crippen MR) is 36.9 cm³/mol. The largest absolute Gasteiger partial charge is 0.748 e. The van der Waals surface area contributed by atoms with Gasteiger partial charge in [0.05, 0.1) is 6.34 Å². The maximum atomic E-state index is 8.90. The van der Waals surface area contributed by atoms with Crippen LogP contribution in [0.2, 0.25) is 0 Å². The average molecular weight is 182 g/mol. The zero-order valence-electron chi connectivity index (χ0n) is 5.68. The maximum absolute atomic E-state index is 8.90. The van der Waals surface area contributed by atoms with Crippen molar-refractivity contribution in [2.75, 3.05) is 0 Å². The molecule has 0 amide bonds. The summed E-state index contributed by atoms with van der Waals surface area (Å²) in [4.78, 5) is 3.89. The first-order valence-electron chi connectivity index (χ1n) is 2.60. The molecule has 0 radical (unpaired) electrons. The molecule has 66 valence electrons. The van der Waals surface area contributed by atoms with Crippen molar-refractivity contribution in [1.82, 2.24) is 10.9 Å². The van der Waals surface area contributed by atoms with E-state index in [4.69, 9.17) is 14.0 Å². The Hall–Kier alpha value is -0.540.